The first-order valence-electron chi connectivity index (χ1n) is 2.54. The minimum absolute atomic E-state index is 0.286. The molecule has 0 atom stereocenters. The molecule has 0 saturated heterocycles. The van der Waals surface area contributed by atoms with Gasteiger partial charge in [-0.15, -0.1) is 0 Å². The number of halogens is 2. The van der Waals surface area contributed by atoms with Crippen LogP contribution in [0, 0.1) is 0 Å². The molecule has 2 nitrogen and oxygen atoms in total. The van der Waals surface area contributed by atoms with E-state index < -0.39 is 0 Å². The van der Waals surface area contributed by atoms with E-state index in [0.29, 0.717) is 10.0 Å². The van der Waals surface area contributed by atoms with E-state index in [1.54, 1.807) is 12.1 Å². The zero-order valence-electron chi connectivity index (χ0n) is 4.88. The second-order valence-corrected chi connectivity index (χ2v) is 2.54. The highest BCUT2D eigenvalue weighted by atomic mass is 35.5. The van der Waals surface area contributed by atoms with Crippen molar-refractivity contribution in [1.29, 1.82) is 0 Å². The van der Waals surface area contributed by atoms with Gasteiger partial charge in [-0.3, -0.25) is 0 Å². The van der Waals surface area contributed by atoms with Crippen LogP contribution < -0.4 is 5.11 Å². The van der Waals surface area contributed by atoms with E-state index in [9.17, 15) is 0 Å². The number of hydrogen-bond acceptors (Lipinski definition) is 1. The van der Waals surface area contributed by atoms with Crippen LogP contribution in [-0.4, -0.2) is 0 Å². The number of rotatable bonds is 1. The summed E-state index contributed by atoms with van der Waals surface area (Å²) in [4.78, 5) is 0. The molecule has 1 rings (SSSR count). The molecular weight excluding hydrogens is 171 g/mol. The Balaban J connectivity index is 3.21. The van der Waals surface area contributed by atoms with Gasteiger partial charge in [-0.1, -0.05) is 23.2 Å². The summed E-state index contributed by atoms with van der Waals surface area (Å²) < 4.78 is 0. The summed E-state index contributed by atoms with van der Waals surface area (Å²) in [5, 5.41) is 3.79. The van der Waals surface area contributed by atoms with Crippen molar-refractivity contribution in [3.63, 3.8) is 0 Å². The largest absolute Gasteiger partial charge is 0.424 e. The Hall–Kier alpha value is -0.600. The number of nitrogens with zero attached hydrogens (tertiary/aromatic N) is 2. The smallest absolute Gasteiger partial charge is 0.283 e. The molecule has 0 bridgehead atoms. The van der Waals surface area contributed by atoms with E-state index in [2.05, 4.69) is 5.11 Å². The third-order valence-corrected chi connectivity index (χ3v) is 1.57. The third-order valence-electron chi connectivity index (χ3n) is 1.02. The SMILES string of the molecule is [N-]=[N+]c1cc(Cl)ccc1Cl. The molecule has 0 heterocycles. The molecule has 0 N–H and O–H groups in total. The first-order chi connectivity index (χ1) is 4.74. The van der Waals surface area contributed by atoms with Crippen molar-refractivity contribution in [3.05, 3.63) is 33.8 Å². The van der Waals surface area contributed by atoms with Gasteiger partial charge < -0.3 is 5.53 Å². The molecule has 0 aliphatic rings. The van der Waals surface area contributed by atoms with Crippen molar-refractivity contribution in [2.45, 2.75) is 0 Å². The van der Waals surface area contributed by atoms with Gasteiger partial charge in [-0.25, -0.2) is 0 Å². The van der Waals surface area contributed by atoms with Crippen molar-refractivity contribution in [1.82, 2.24) is 5.11 Å². The lowest BCUT2D eigenvalue weighted by atomic mass is 10.3. The highest BCUT2D eigenvalue weighted by molar-refractivity contribution is 6.34. The Morgan fingerprint density at radius 2 is 2.00 bits per heavy atom. The van der Waals surface area contributed by atoms with Gasteiger partial charge in [0.1, 0.15) is 5.02 Å². The molecule has 51 valence electrons. The summed E-state index contributed by atoms with van der Waals surface area (Å²) in [6, 6.07) is 4.67. The van der Waals surface area contributed by atoms with E-state index in [0.717, 1.165) is 0 Å². The fourth-order valence-electron chi connectivity index (χ4n) is 0.562. The summed E-state index contributed by atoms with van der Waals surface area (Å²) in [5.74, 6) is 0. The van der Waals surface area contributed by atoms with Crippen LogP contribution in [0.25, 0.3) is 5.53 Å². The number of benzene rings is 1. The molecule has 1 radical (unpaired) electrons. The Kier molecular flexibility index (Phi) is 2.25. The highest BCUT2D eigenvalue weighted by Crippen LogP contribution is 2.23. The molecule has 1 aromatic carbocycles. The maximum absolute atomic E-state index is 8.32. The van der Waals surface area contributed by atoms with Gasteiger partial charge >= 0.3 is 0 Å². The van der Waals surface area contributed by atoms with Crippen LogP contribution in [0.4, 0.5) is 5.69 Å². The molecule has 0 fully saturated rings. The van der Waals surface area contributed by atoms with Gasteiger partial charge in [-0.05, 0) is 17.2 Å². The molecule has 10 heavy (non-hydrogen) atoms. The van der Waals surface area contributed by atoms with Gasteiger partial charge in [0.15, 0.2) is 0 Å². The molecule has 0 aliphatic heterocycles. The van der Waals surface area contributed by atoms with Gasteiger partial charge in [-0.2, -0.15) is 0 Å². The molecular formula is C6H3Cl2N2. The van der Waals surface area contributed by atoms with Crippen LogP contribution in [0.3, 0.4) is 0 Å². The number of hydrogen-bond donors (Lipinski definition) is 0. The monoisotopic (exact) mass is 173 g/mol. The minimum Gasteiger partial charge on any atom is -0.424 e. The second kappa shape index (κ2) is 2.99. The highest BCUT2D eigenvalue weighted by Gasteiger charge is 2.04. The van der Waals surface area contributed by atoms with E-state index in [-0.39, 0.29) is 5.69 Å². The van der Waals surface area contributed by atoms with Gasteiger partial charge in [0, 0.05) is 11.1 Å². The van der Waals surface area contributed by atoms with Crippen LogP contribution in [0.15, 0.2) is 18.2 Å². The maximum atomic E-state index is 8.32. The molecule has 0 aromatic heterocycles. The van der Waals surface area contributed by atoms with E-state index in [1.165, 1.54) is 6.07 Å². The van der Waals surface area contributed by atoms with E-state index >= 15 is 0 Å². The lowest BCUT2D eigenvalue weighted by Gasteiger charge is -1.88. The average Bonchev–Trinajstić information content (AvgIpc) is 1.94. The van der Waals surface area contributed by atoms with Crippen molar-refractivity contribution in [2.75, 3.05) is 0 Å². The van der Waals surface area contributed by atoms with Crippen LogP contribution >= 0.6 is 23.2 Å². The Morgan fingerprint density at radius 3 is 2.50 bits per heavy atom. The zero-order chi connectivity index (χ0) is 7.56. The van der Waals surface area contributed by atoms with Crippen LogP contribution in [-0.2, 0) is 0 Å². The van der Waals surface area contributed by atoms with Gasteiger partial charge in [0.05, 0.1) is 0 Å². The summed E-state index contributed by atoms with van der Waals surface area (Å²) in [6.45, 7) is 0. The van der Waals surface area contributed by atoms with E-state index in [1.807, 2.05) is 0 Å². The van der Waals surface area contributed by atoms with Crippen molar-refractivity contribution >= 4 is 28.9 Å². The first kappa shape index (κ1) is 7.51. The summed E-state index contributed by atoms with van der Waals surface area (Å²) in [5.41, 5.74) is 8.61. The predicted molar refractivity (Wildman–Crippen MR) is 41.6 cm³/mol. The molecule has 4 heteroatoms. The summed E-state index contributed by atoms with van der Waals surface area (Å²) >= 11 is 11.1. The van der Waals surface area contributed by atoms with E-state index in [4.69, 9.17) is 28.7 Å². The van der Waals surface area contributed by atoms with Crippen molar-refractivity contribution in [2.24, 2.45) is 0 Å². The topological polar surface area (TPSA) is 36.4 Å². The summed E-state index contributed by atoms with van der Waals surface area (Å²) in [7, 11) is 0. The standard InChI is InChI=1S/C6H3Cl2N2/c7-4-1-2-5(8)6(3-4)10-9/h1-3H. The second-order valence-electron chi connectivity index (χ2n) is 1.70. The maximum Gasteiger partial charge on any atom is 0.283 e. The molecule has 0 saturated carbocycles. The summed E-state index contributed by atoms with van der Waals surface area (Å²) in [6.07, 6.45) is 0. The predicted octanol–water partition coefficient (Wildman–Crippen LogP) is 2.98. The molecule has 0 aliphatic carbocycles. The van der Waals surface area contributed by atoms with Crippen LogP contribution in [0.2, 0.25) is 10.0 Å². The first-order valence-corrected chi connectivity index (χ1v) is 3.30. The molecule has 0 unspecified atom stereocenters. The Bertz CT molecular complexity index is 260. The van der Waals surface area contributed by atoms with Crippen LogP contribution in [0.1, 0.15) is 0 Å². The Labute approximate surface area is 68.3 Å². The third kappa shape index (κ3) is 1.46. The zero-order valence-corrected chi connectivity index (χ0v) is 6.39. The normalized spacial score (nSPS) is 9.40. The lowest BCUT2D eigenvalue weighted by Crippen LogP contribution is -1.75. The fraction of sp³-hybridized carbons (Fsp3) is 0. The Morgan fingerprint density at radius 1 is 1.30 bits per heavy atom. The lowest BCUT2D eigenvalue weighted by molar-refractivity contribution is 1.34. The fourth-order valence-corrected chi connectivity index (χ4v) is 0.884. The van der Waals surface area contributed by atoms with Crippen LogP contribution in [0.5, 0.6) is 0 Å². The quantitative estimate of drug-likeness (QED) is 0.586. The minimum atomic E-state index is 0.286. The molecule has 0 spiro atoms. The van der Waals surface area contributed by atoms with Crippen molar-refractivity contribution in [3.8, 4) is 0 Å². The molecule has 1 aromatic rings. The molecule has 0 amide bonds. The van der Waals surface area contributed by atoms with Crippen molar-refractivity contribution < 1.29 is 0 Å². The van der Waals surface area contributed by atoms with Gasteiger partial charge in [0.25, 0.3) is 5.69 Å². The average molecular weight is 174 g/mol. The van der Waals surface area contributed by atoms with Gasteiger partial charge in [0.2, 0.25) is 0 Å².